The topological polar surface area (TPSA) is 38.3 Å². The third-order valence-corrected chi connectivity index (χ3v) is 4.86. The molecule has 0 heterocycles. The van der Waals surface area contributed by atoms with Crippen LogP contribution in [-0.4, -0.2) is 12.0 Å². The standard InChI is InChI=1S/C22H27NO2/c1-14-10-15(2)12-21(11-14)25-17(4)22(24)23-16(3)19-9-8-18-6-5-7-20(18)13-19/h8-13,16-17H,5-7H2,1-4H3,(H,23,24)/t16-,17+/m1/s1. The van der Waals surface area contributed by atoms with Gasteiger partial charge in [-0.05, 0) is 86.9 Å². The van der Waals surface area contributed by atoms with Gasteiger partial charge in [-0.1, -0.05) is 24.3 Å². The van der Waals surface area contributed by atoms with Gasteiger partial charge < -0.3 is 10.1 Å². The van der Waals surface area contributed by atoms with E-state index in [-0.39, 0.29) is 11.9 Å². The maximum atomic E-state index is 12.5. The van der Waals surface area contributed by atoms with E-state index in [1.165, 1.54) is 24.0 Å². The molecule has 0 aromatic heterocycles. The van der Waals surface area contributed by atoms with Crippen molar-refractivity contribution in [3.05, 3.63) is 64.2 Å². The summed E-state index contributed by atoms with van der Waals surface area (Å²) in [5, 5.41) is 3.07. The minimum atomic E-state index is -0.530. The number of aryl methyl sites for hydroxylation is 4. The second kappa shape index (κ2) is 7.30. The number of nitrogens with one attached hydrogen (secondary N) is 1. The van der Waals surface area contributed by atoms with Crippen LogP contribution >= 0.6 is 0 Å². The Morgan fingerprint density at radius 1 is 1.00 bits per heavy atom. The highest BCUT2D eigenvalue weighted by Gasteiger charge is 2.19. The molecule has 3 heteroatoms. The van der Waals surface area contributed by atoms with Crippen molar-refractivity contribution in [2.45, 2.75) is 59.1 Å². The molecule has 1 aliphatic rings. The predicted molar refractivity (Wildman–Crippen MR) is 101 cm³/mol. The van der Waals surface area contributed by atoms with Gasteiger partial charge >= 0.3 is 0 Å². The van der Waals surface area contributed by atoms with Crippen molar-refractivity contribution in [3.63, 3.8) is 0 Å². The highest BCUT2D eigenvalue weighted by atomic mass is 16.5. The molecule has 0 saturated carbocycles. The van der Waals surface area contributed by atoms with Crippen molar-refractivity contribution < 1.29 is 9.53 Å². The fourth-order valence-electron chi connectivity index (χ4n) is 3.53. The Labute approximate surface area is 150 Å². The number of benzene rings is 2. The van der Waals surface area contributed by atoms with E-state index in [1.54, 1.807) is 6.92 Å². The predicted octanol–water partition coefficient (Wildman–Crippen LogP) is 4.44. The molecule has 25 heavy (non-hydrogen) atoms. The smallest absolute Gasteiger partial charge is 0.261 e. The van der Waals surface area contributed by atoms with Gasteiger partial charge in [0.1, 0.15) is 5.75 Å². The van der Waals surface area contributed by atoms with Crippen LogP contribution in [0.3, 0.4) is 0 Å². The third-order valence-electron chi connectivity index (χ3n) is 4.86. The van der Waals surface area contributed by atoms with Crippen molar-refractivity contribution in [1.82, 2.24) is 5.32 Å². The number of hydrogen-bond donors (Lipinski definition) is 1. The van der Waals surface area contributed by atoms with E-state index in [1.807, 2.05) is 32.9 Å². The molecule has 2 aromatic rings. The van der Waals surface area contributed by atoms with E-state index in [2.05, 4.69) is 29.6 Å². The monoisotopic (exact) mass is 337 g/mol. The first kappa shape index (κ1) is 17.5. The van der Waals surface area contributed by atoms with Gasteiger partial charge in [0.05, 0.1) is 6.04 Å². The second-order valence-corrected chi connectivity index (χ2v) is 7.20. The number of hydrogen-bond acceptors (Lipinski definition) is 2. The van der Waals surface area contributed by atoms with Crippen LogP contribution < -0.4 is 10.1 Å². The summed E-state index contributed by atoms with van der Waals surface area (Å²) in [6.07, 6.45) is 3.03. The number of carbonyl (C=O) groups excluding carboxylic acids is 1. The summed E-state index contributed by atoms with van der Waals surface area (Å²) >= 11 is 0. The van der Waals surface area contributed by atoms with E-state index in [9.17, 15) is 4.79 Å². The van der Waals surface area contributed by atoms with Gasteiger partial charge in [0.25, 0.3) is 5.91 Å². The van der Waals surface area contributed by atoms with Crippen LogP contribution in [0.1, 0.15) is 54.1 Å². The minimum Gasteiger partial charge on any atom is -0.481 e. The van der Waals surface area contributed by atoms with E-state index in [4.69, 9.17) is 4.74 Å². The van der Waals surface area contributed by atoms with Crippen molar-refractivity contribution in [2.75, 3.05) is 0 Å². The molecule has 0 unspecified atom stereocenters. The van der Waals surface area contributed by atoms with E-state index >= 15 is 0 Å². The Morgan fingerprint density at radius 3 is 2.40 bits per heavy atom. The van der Waals surface area contributed by atoms with E-state index in [0.717, 1.165) is 28.9 Å². The summed E-state index contributed by atoms with van der Waals surface area (Å²) in [7, 11) is 0. The van der Waals surface area contributed by atoms with Crippen molar-refractivity contribution in [2.24, 2.45) is 0 Å². The molecule has 3 rings (SSSR count). The molecule has 2 atom stereocenters. The Bertz CT molecular complexity index is 761. The summed E-state index contributed by atoms with van der Waals surface area (Å²) in [5.41, 5.74) is 6.31. The first-order valence-corrected chi connectivity index (χ1v) is 9.09. The van der Waals surface area contributed by atoms with Gasteiger partial charge in [0.2, 0.25) is 0 Å². The highest BCUT2D eigenvalue weighted by Crippen LogP contribution is 2.25. The molecular weight excluding hydrogens is 310 g/mol. The zero-order valence-electron chi connectivity index (χ0n) is 15.6. The van der Waals surface area contributed by atoms with Crippen LogP contribution in [0, 0.1) is 13.8 Å². The first-order chi connectivity index (χ1) is 11.9. The fourth-order valence-corrected chi connectivity index (χ4v) is 3.53. The summed E-state index contributed by atoms with van der Waals surface area (Å²) in [6.45, 7) is 7.88. The lowest BCUT2D eigenvalue weighted by Crippen LogP contribution is -2.37. The molecule has 0 saturated heterocycles. The normalized spacial score (nSPS) is 15.4. The van der Waals surface area contributed by atoms with Crippen LogP contribution in [0.5, 0.6) is 5.75 Å². The van der Waals surface area contributed by atoms with E-state index in [0.29, 0.717) is 0 Å². The molecule has 1 amide bonds. The average Bonchev–Trinajstić information content (AvgIpc) is 3.01. The fraction of sp³-hybridized carbons (Fsp3) is 0.409. The Kier molecular flexibility index (Phi) is 5.12. The molecule has 2 aromatic carbocycles. The summed E-state index contributed by atoms with van der Waals surface area (Å²) in [5.74, 6) is 0.650. The summed E-state index contributed by atoms with van der Waals surface area (Å²) < 4.78 is 5.84. The van der Waals surface area contributed by atoms with Gasteiger partial charge in [0.15, 0.2) is 6.10 Å². The third kappa shape index (κ3) is 4.22. The number of fused-ring (bicyclic) bond motifs is 1. The highest BCUT2D eigenvalue weighted by molar-refractivity contribution is 5.81. The first-order valence-electron chi connectivity index (χ1n) is 9.09. The van der Waals surface area contributed by atoms with Crippen LogP contribution in [0.25, 0.3) is 0 Å². The summed E-state index contributed by atoms with van der Waals surface area (Å²) in [4.78, 5) is 12.5. The lowest BCUT2D eigenvalue weighted by Gasteiger charge is -2.20. The van der Waals surface area contributed by atoms with Gasteiger partial charge in [0, 0.05) is 0 Å². The largest absolute Gasteiger partial charge is 0.481 e. The maximum absolute atomic E-state index is 12.5. The van der Waals surface area contributed by atoms with Crippen LogP contribution in [-0.2, 0) is 17.6 Å². The van der Waals surface area contributed by atoms with Crippen LogP contribution in [0.15, 0.2) is 36.4 Å². The lowest BCUT2D eigenvalue weighted by molar-refractivity contribution is -0.127. The molecule has 3 nitrogen and oxygen atoms in total. The van der Waals surface area contributed by atoms with Gasteiger partial charge in [-0.2, -0.15) is 0 Å². The molecule has 0 bridgehead atoms. The van der Waals surface area contributed by atoms with Crippen molar-refractivity contribution >= 4 is 5.91 Å². The Morgan fingerprint density at radius 2 is 1.68 bits per heavy atom. The van der Waals surface area contributed by atoms with Gasteiger partial charge in [-0.3, -0.25) is 4.79 Å². The SMILES string of the molecule is Cc1cc(C)cc(O[C@@H](C)C(=O)N[C@H](C)c2ccc3c(c2)CCC3)c1. The average molecular weight is 337 g/mol. The molecule has 132 valence electrons. The Balaban J connectivity index is 1.62. The molecule has 1 N–H and O–H groups in total. The minimum absolute atomic E-state index is 0.0244. The summed E-state index contributed by atoms with van der Waals surface area (Å²) in [6, 6.07) is 12.6. The van der Waals surface area contributed by atoms with Gasteiger partial charge in [-0.15, -0.1) is 0 Å². The zero-order valence-corrected chi connectivity index (χ0v) is 15.6. The molecule has 0 aliphatic heterocycles. The number of rotatable bonds is 5. The second-order valence-electron chi connectivity index (χ2n) is 7.20. The Hall–Kier alpha value is -2.29. The number of carbonyl (C=O) groups is 1. The molecule has 0 spiro atoms. The van der Waals surface area contributed by atoms with E-state index < -0.39 is 6.10 Å². The number of ether oxygens (including phenoxy) is 1. The quantitative estimate of drug-likeness (QED) is 0.876. The van der Waals surface area contributed by atoms with Crippen LogP contribution in [0.4, 0.5) is 0 Å². The molecule has 0 radical (unpaired) electrons. The zero-order chi connectivity index (χ0) is 18.0. The molecule has 0 fully saturated rings. The van der Waals surface area contributed by atoms with Gasteiger partial charge in [-0.25, -0.2) is 0 Å². The van der Waals surface area contributed by atoms with Crippen LogP contribution in [0.2, 0.25) is 0 Å². The maximum Gasteiger partial charge on any atom is 0.261 e. The molecule has 1 aliphatic carbocycles. The number of amides is 1. The van der Waals surface area contributed by atoms with Crippen molar-refractivity contribution in [3.8, 4) is 5.75 Å². The lowest BCUT2D eigenvalue weighted by atomic mass is 10.0. The molecular formula is C22H27NO2. The van der Waals surface area contributed by atoms with Crippen molar-refractivity contribution in [1.29, 1.82) is 0 Å².